The Bertz CT molecular complexity index is 202. The van der Waals surface area contributed by atoms with Crippen molar-refractivity contribution in [2.45, 2.75) is 19.0 Å². The first-order chi connectivity index (χ1) is 5.74. The number of hydrogen-bond acceptors (Lipinski definition) is 3. The first kappa shape index (κ1) is 8.01. The zero-order chi connectivity index (χ0) is 8.72. The van der Waals surface area contributed by atoms with Gasteiger partial charge in [-0.3, -0.25) is 4.79 Å². The zero-order valence-corrected chi connectivity index (χ0v) is 7.29. The van der Waals surface area contributed by atoms with E-state index in [9.17, 15) is 4.79 Å². The predicted molar refractivity (Wildman–Crippen MR) is 45.5 cm³/mol. The van der Waals surface area contributed by atoms with E-state index in [2.05, 4.69) is 12.2 Å². The fraction of sp³-hybridized carbons (Fsp3) is 0.875. The van der Waals surface area contributed by atoms with Crippen molar-refractivity contribution in [1.29, 1.82) is 0 Å². The minimum Gasteiger partial charge on any atom is -0.336 e. The maximum atomic E-state index is 11.5. The van der Waals surface area contributed by atoms with E-state index in [4.69, 9.17) is 5.73 Å². The fourth-order valence-electron chi connectivity index (χ4n) is 1.78. The molecule has 2 heterocycles. The lowest BCUT2D eigenvalue weighted by Crippen LogP contribution is -2.61. The highest BCUT2D eigenvalue weighted by Crippen LogP contribution is 2.25. The maximum Gasteiger partial charge on any atom is 0.241 e. The van der Waals surface area contributed by atoms with E-state index in [-0.39, 0.29) is 11.9 Å². The van der Waals surface area contributed by atoms with Crippen LogP contribution in [-0.4, -0.2) is 42.5 Å². The summed E-state index contributed by atoms with van der Waals surface area (Å²) in [5, 5.41) is 3.01. The van der Waals surface area contributed by atoms with Gasteiger partial charge in [0.1, 0.15) is 0 Å². The van der Waals surface area contributed by atoms with Gasteiger partial charge < -0.3 is 16.0 Å². The molecule has 2 fully saturated rings. The van der Waals surface area contributed by atoms with Gasteiger partial charge in [-0.2, -0.15) is 0 Å². The molecule has 0 aromatic rings. The molecule has 3 atom stereocenters. The van der Waals surface area contributed by atoms with Crippen molar-refractivity contribution in [2.24, 2.45) is 11.7 Å². The topological polar surface area (TPSA) is 68.3 Å². The minimum absolute atomic E-state index is 0.103. The molecule has 0 saturated carbocycles. The van der Waals surface area contributed by atoms with Crippen LogP contribution in [0.4, 0.5) is 0 Å². The number of nitrogens with one attached hydrogen (secondary N) is 1. The largest absolute Gasteiger partial charge is 0.336 e. The summed E-state index contributed by atoms with van der Waals surface area (Å²) < 4.78 is 0. The minimum atomic E-state index is 0.103. The molecule has 4 heteroatoms. The van der Waals surface area contributed by atoms with Crippen LogP contribution in [-0.2, 0) is 4.79 Å². The number of amides is 1. The first-order valence-corrected chi connectivity index (χ1v) is 4.48. The van der Waals surface area contributed by atoms with Gasteiger partial charge in [0.2, 0.25) is 5.91 Å². The molecule has 2 aliphatic rings. The van der Waals surface area contributed by atoms with E-state index in [0.29, 0.717) is 18.5 Å². The molecule has 68 valence electrons. The molecule has 1 amide bonds. The van der Waals surface area contributed by atoms with Gasteiger partial charge in [0, 0.05) is 25.7 Å². The van der Waals surface area contributed by atoms with E-state index in [1.54, 1.807) is 0 Å². The van der Waals surface area contributed by atoms with Crippen molar-refractivity contribution in [3.63, 3.8) is 0 Å². The van der Waals surface area contributed by atoms with E-state index in [1.807, 2.05) is 4.90 Å². The van der Waals surface area contributed by atoms with Crippen molar-refractivity contribution in [2.75, 3.05) is 19.6 Å². The summed E-state index contributed by atoms with van der Waals surface area (Å²) in [7, 11) is 0. The summed E-state index contributed by atoms with van der Waals surface area (Å²) in [4.78, 5) is 13.4. The molecule has 2 rings (SSSR count). The van der Waals surface area contributed by atoms with Crippen molar-refractivity contribution in [3.8, 4) is 0 Å². The molecule has 0 aliphatic carbocycles. The molecule has 0 bridgehead atoms. The van der Waals surface area contributed by atoms with Gasteiger partial charge in [0.15, 0.2) is 0 Å². The summed E-state index contributed by atoms with van der Waals surface area (Å²) in [6, 6.07) is 0.395. The van der Waals surface area contributed by atoms with Gasteiger partial charge in [-0.1, -0.05) is 6.92 Å². The maximum absolute atomic E-state index is 11.5. The normalized spacial score (nSPS) is 39.2. The fourth-order valence-corrected chi connectivity index (χ4v) is 1.78. The third-order valence-electron chi connectivity index (χ3n) is 2.77. The quantitative estimate of drug-likeness (QED) is 0.508. The molecule has 4 nitrogen and oxygen atoms in total. The summed E-state index contributed by atoms with van der Waals surface area (Å²) in [5.41, 5.74) is 5.56. The Kier molecular flexibility index (Phi) is 1.81. The zero-order valence-electron chi connectivity index (χ0n) is 7.29. The van der Waals surface area contributed by atoms with Crippen LogP contribution in [0.5, 0.6) is 0 Å². The highest BCUT2D eigenvalue weighted by molar-refractivity contribution is 5.85. The lowest BCUT2D eigenvalue weighted by molar-refractivity contribution is -0.141. The van der Waals surface area contributed by atoms with Crippen LogP contribution in [0.2, 0.25) is 0 Å². The lowest BCUT2D eigenvalue weighted by Gasteiger charge is -2.46. The second-order valence-electron chi connectivity index (χ2n) is 3.73. The van der Waals surface area contributed by atoms with Crippen LogP contribution in [0, 0.1) is 5.92 Å². The summed E-state index contributed by atoms with van der Waals surface area (Å²) in [5.74, 6) is 0.821. The van der Waals surface area contributed by atoms with Gasteiger partial charge >= 0.3 is 0 Å². The second kappa shape index (κ2) is 2.71. The van der Waals surface area contributed by atoms with Gasteiger partial charge in [0.05, 0.1) is 6.04 Å². The smallest absolute Gasteiger partial charge is 0.241 e. The van der Waals surface area contributed by atoms with Crippen LogP contribution in [0.25, 0.3) is 0 Å². The number of rotatable bonds is 2. The highest BCUT2D eigenvalue weighted by Gasteiger charge is 2.43. The lowest BCUT2D eigenvalue weighted by atomic mass is 9.90. The molecule has 0 aromatic heterocycles. The van der Waals surface area contributed by atoms with Crippen molar-refractivity contribution >= 4 is 5.91 Å². The standard InChI is InChI=1S/C8H15N3O/c1-5-4-11(7(5)2-9)8(12)6-3-10-6/h5-7,10H,2-4,9H2,1H3/t5-,6+,7-/m1/s1. The van der Waals surface area contributed by atoms with Gasteiger partial charge in [-0.15, -0.1) is 0 Å². The molecular weight excluding hydrogens is 154 g/mol. The Morgan fingerprint density at radius 1 is 1.75 bits per heavy atom. The molecule has 3 N–H and O–H groups in total. The monoisotopic (exact) mass is 169 g/mol. The van der Waals surface area contributed by atoms with Gasteiger partial charge in [-0.25, -0.2) is 0 Å². The number of nitrogens with zero attached hydrogens (tertiary/aromatic N) is 1. The number of carbonyl (C=O) groups excluding carboxylic acids is 1. The summed E-state index contributed by atoms with van der Waals surface area (Å²) >= 11 is 0. The van der Waals surface area contributed by atoms with Crippen LogP contribution < -0.4 is 11.1 Å². The SMILES string of the molecule is C[C@@H]1CN(C(=O)[C@@H]2CN2)[C@@H]1CN. The molecule has 0 unspecified atom stereocenters. The average molecular weight is 169 g/mol. The average Bonchev–Trinajstić information content (AvgIpc) is 2.81. The third kappa shape index (κ3) is 1.11. The highest BCUT2D eigenvalue weighted by atomic mass is 16.2. The predicted octanol–water partition coefficient (Wildman–Crippen LogP) is -1.24. The number of hydrogen-bond donors (Lipinski definition) is 2. The van der Waals surface area contributed by atoms with Crippen LogP contribution in [0.3, 0.4) is 0 Å². The van der Waals surface area contributed by atoms with E-state index >= 15 is 0 Å². The Hall–Kier alpha value is -0.610. The molecule has 2 saturated heterocycles. The van der Waals surface area contributed by atoms with Crippen molar-refractivity contribution in [3.05, 3.63) is 0 Å². The van der Waals surface area contributed by atoms with Crippen molar-refractivity contribution in [1.82, 2.24) is 10.2 Å². The van der Waals surface area contributed by atoms with Gasteiger partial charge in [0.25, 0.3) is 0 Å². The number of likely N-dealkylation sites (tertiary alicyclic amines) is 1. The number of carbonyl (C=O) groups is 1. The Balaban J connectivity index is 1.92. The summed E-state index contributed by atoms with van der Waals surface area (Å²) in [6.07, 6.45) is 0. The van der Waals surface area contributed by atoms with E-state index in [1.165, 1.54) is 0 Å². The molecule has 0 spiro atoms. The first-order valence-electron chi connectivity index (χ1n) is 4.48. The van der Waals surface area contributed by atoms with Gasteiger partial charge in [-0.05, 0) is 5.92 Å². The van der Waals surface area contributed by atoms with Crippen molar-refractivity contribution < 1.29 is 4.79 Å². The van der Waals surface area contributed by atoms with E-state index < -0.39 is 0 Å². The third-order valence-corrected chi connectivity index (χ3v) is 2.77. The van der Waals surface area contributed by atoms with E-state index in [0.717, 1.165) is 13.1 Å². The van der Waals surface area contributed by atoms with Crippen LogP contribution in [0.1, 0.15) is 6.92 Å². The molecule has 0 aromatic carbocycles. The Labute approximate surface area is 72.1 Å². The molecule has 2 aliphatic heterocycles. The Morgan fingerprint density at radius 2 is 2.42 bits per heavy atom. The molecule has 0 radical (unpaired) electrons. The Morgan fingerprint density at radius 3 is 2.83 bits per heavy atom. The number of nitrogens with two attached hydrogens (primary N) is 1. The summed E-state index contributed by atoms with van der Waals surface area (Å²) in [6.45, 7) is 4.47. The van der Waals surface area contributed by atoms with Crippen LogP contribution in [0.15, 0.2) is 0 Å². The second-order valence-corrected chi connectivity index (χ2v) is 3.73. The molecular formula is C8H15N3O. The molecule has 12 heavy (non-hydrogen) atoms. The van der Waals surface area contributed by atoms with Crippen LogP contribution >= 0.6 is 0 Å².